The molecule has 0 unspecified atom stereocenters. The molecular formula is C29H46O6. The summed E-state index contributed by atoms with van der Waals surface area (Å²) in [6.07, 6.45) is 8.48. The van der Waals surface area contributed by atoms with Gasteiger partial charge in [-0.1, -0.05) is 19.9 Å². The number of aliphatic hydroxyl groups excluding tert-OH is 2. The summed E-state index contributed by atoms with van der Waals surface area (Å²) in [5, 5.41) is 21.2. The lowest BCUT2D eigenvalue weighted by atomic mass is 9.44. The second kappa shape index (κ2) is 9.41. The van der Waals surface area contributed by atoms with Gasteiger partial charge in [0.05, 0.1) is 12.2 Å². The molecule has 0 aromatic rings. The summed E-state index contributed by atoms with van der Waals surface area (Å²) in [5.74, 6) is 3.29. The Morgan fingerprint density at radius 3 is 2.43 bits per heavy atom. The van der Waals surface area contributed by atoms with Crippen LogP contribution in [0.4, 0.5) is 0 Å². The summed E-state index contributed by atoms with van der Waals surface area (Å²) in [4.78, 5) is 11.4. The molecule has 6 heteroatoms. The Morgan fingerprint density at radius 1 is 1.00 bits per heavy atom. The number of rotatable bonds is 4. The van der Waals surface area contributed by atoms with Crippen molar-refractivity contribution >= 4 is 5.97 Å². The van der Waals surface area contributed by atoms with Gasteiger partial charge in [-0.2, -0.15) is 0 Å². The number of hydrogen-bond acceptors (Lipinski definition) is 6. The zero-order valence-corrected chi connectivity index (χ0v) is 22.0. The molecule has 0 aromatic heterocycles. The Kier molecular flexibility index (Phi) is 6.91. The fourth-order valence-corrected chi connectivity index (χ4v) is 9.43. The Labute approximate surface area is 210 Å². The molecule has 0 amide bonds. The lowest BCUT2D eigenvalue weighted by molar-refractivity contribution is -0.311. The topological polar surface area (TPSA) is 85.2 Å². The predicted molar refractivity (Wildman–Crippen MR) is 132 cm³/mol. The zero-order valence-electron chi connectivity index (χ0n) is 22.0. The predicted octanol–water partition coefficient (Wildman–Crippen LogP) is 4.61. The summed E-state index contributed by atoms with van der Waals surface area (Å²) in [7, 11) is 0. The number of carbonyl (C=O) groups excluding carboxylic acids is 1. The second-order valence-corrected chi connectivity index (χ2v) is 12.9. The van der Waals surface area contributed by atoms with Gasteiger partial charge in [0, 0.05) is 6.92 Å². The number of carbonyl (C=O) groups is 1. The highest BCUT2D eigenvalue weighted by Crippen LogP contribution is 2.67. The summed E-state index contributed by atoms with van der Waals surface area (Å²) in [6.45, 7) is 12.3. The molecule has 0 bridgehead atoms. The molecule has 198 valence electrons. The van der Waals surface area contributed by atoms with E-state index in [1.165, 1.54) is 45.4 Å². The second-order valence-electron chi connectivity index (χ2n) is 12.9. The van der Waals surface area contributed by atoms with Gasteiger partial charge in [0.15, 0.2) is 12.4 Å². The third kappa shape index (κ3) is 4.20. The molecule has 1 heterocycles. The van der Waals surface area contributed by atoms with Crippen molar-refractivity contribution in [2.75, 3.05) is 0 Å². The molecule has 5 fully saturated rings. The van der Waals surface area contributed by atoms with Crippen LogP contribution >= 0.6 is 0 Å². The lowest BCUT2D eigenvalue weighted by Crippen LogP contribution is -2.59. The Bertz CT molecular complexity index is 815. The number of hydrogen-bond donors (Lipinski definition) is 2. The van der Waals surface area contributed by atoms with Crippen LogP contribution in [0.15, 0.2) is 12.7 Å². The Morgan fingerprint density at radius 2 is 1.71 bits per heavy atom. The minimum absolute atomic E-state index is 0.0134. The van der Waals surface area contributed by atoms with Crippen molar-refractivity contribution in [1.29, 1.82) is 0 Å². The summed E-state index contributed by atoms with van der Waals surface area (Å²) >= 11 is 0. The van der Waals surface area contributed by atoms with Crippen molar-refractivity contribution < 1.29 is 29.2 Å². The van der Waals surface area contributed by atoms with Gasteiger partial charge in [-0.25, -0.2) is 0 Å². The van der Waals surface area contributed by atoms with Gasteiger partial charge in [0.25, 0.3) is 0 Å². The molecule has 0 radical (unpaired) electrons. The molecule has 1 saturated heterocycles. The lowest BCUT2D eigenvalue weighted by Gasteiger charge is -2.61. The van der Waals surface area contributed by atoms with Crippen molar-refractivity contribution in [1.82, 2.24) is 0 Å². The van der Waals surface area contributed by atoms with E-state index >= 15 is 0 Å². The van der Waals surface area contributed by atoms with Crippen LogP contribution < -0.4 is 0 Å². The number of esters is 1. The van der Waals surface area contributed by atoms with E-state index in [-0.39, 0.29) is 6.10 Å². The molecule has 0 aromatic carbocycles. The van der Waals surface area contributed by atoms with E-state index in [9.17, 15) is 15.0 Å². The molecule has 5 aliphatic rings. The van der Waals surface area contributed by atoms with E-state index in [0.29, 0.717) is 22.7 Å². The van der Waals surface area contributed by atoms with E-state index in [1.807, 2.05) is 0 Å². The van der Waals surface area contributed by atoms with Crippen molar-refractivity contribution in [3.05, 3.63) is 12.7 Å². The molecule has 2 N–H and O–H groups in total. The molecule has 0 spiro atoms. The number of allylic oxidation sites excluding steroid dienone is 1. The third-order valence-corrected chi connectivity index (χ3v) is 11.4. The quantitative estimate of drug-likeness (QED) is 0.340. The summed E-state index contributed by atoms with van der Waals surface area (Å²) in [5.41, 5.74) is 0.804. The zero-order chi connectivity index (χ0) is 25.1. The van der Waals surface area contributed by atoms with Gasteiger partial charge in [-0.15, -0.1) is 6.58 Å². The first-order valence-electron chi connectivity index (χ1n) is 14.0. The first kappa shape index (κ1) is 25.7. The average Bonchev–Trinajstić information content (AvgIpc) is 3.16. The molecule has 13 atom stereocenters. The van der Waals surface area contributed by atoms with Gasteiger partial charge in [-0.3, -0.25) is 4.79 Å². The number of ether oxygens (including phenoxy) is 3. The molecule has 4 aliphatic carbocycles. The normalized spacial score (nSPS) is 53.7. The van der Waals surface area contributed by atoms with E-state index in [1.54, 1.807) is 6.92 Å². The van der Waals surface area contributed by atoms with Crippen LogP contribution in [0.3, 0.4) is 0 Å². The van der Waals surface area contributed by atoms with E-state index in [0.717, 1.165) is 37.0 Å². The maximum absolute atomic E-state index is 11.4. The minimum atomic E-state index is -1.24. The fourth-order valence-electron chi connectivity index (χ4n) is 9.43. The highest BCUT2D eigenvalue weighted by Gasteiger charge is 2.60. The highest BCUT2D eigenvalue weighted by molar-refractivity contribution is 5.66. The van der Waals surface area contributed by atoms with E-state index in [4.69, 9.17) is 14.2 Å². The van der Waals surface area contributed by atoms with Crippen LogP contribution in [0.25, 0.3) is 0 Å². The maximum atomic E-state index is 11.4. The van der Waals surface area contributed by atoms with Crippen molar-refractivity contribution in [2.24, 2.45) is 40.4 Å². The fraction of sp³-hybridized carbons (Fsp3) is 0.897. The standard InChI is InChI=1S/C29H46O6/c1-6-18-8-10-22-21-9-7-19-15-20(11-13-29(19,5)23(21)12-14-28(18,22)4)35-27-25(32)24(31)26(16(2)33-27)34-17(3)30/h6,16,18-27,31-32H,1,7-15H2,2-5H3/t16-,18+,19+,20+,21+,22+,23+,24-,25+,26+,27-,28-,29+/m1/s1. The molecule has 4 saturated carbocycles. The van der Waals surface area contributed by atoms with Gasteiger partial charge in [0.2, 0.25) is 0 Å². The molecule has 35 heavy (non-hydrogen) atoms. The third-order valence-electron chi connectivity index (χ3n) is 11.4. The molecular weight excluding hydrogens is 444 g/mol. The summed E-state index contributed by atoms with van der Waals surface area (Å²) in [6, 6.07) is 0. The van der Waals surface area contributed by atoms with Crippen LogP contribution in [0.2, 0.25) is 0 Å². The Hall–Kier alpha value is -0.950. The molecule has 1 aliphatic heterocycles. The monoisotopic (exact) mass is 490 g/mol. The van der Waals surface area contributed by atoms with Crippen LogP contribution in [-0.4, -0.2) is 53.0 Å². The van der Waals surface area contributed by atoms with Gasteiger partial charge in [0.1, 0.15) is 12.2 Å². The number of fused-ring (bicyclic) bond motifs is 5. The Balaban J connectivity index is 1.23. The van der Waals surface area contributed by atoms with Crippen molar-refractivity contribution in [3.63, 3.8) is 0 Å². The van der Waals surface area contributed by atoms with Gasteiger partial charge >= 0.3 is 5.97 Å². The first-order valence-corrected chi connectivity index (χ1v) is 14.0. The smallest absolute Gasteiger partial charge is 0.303 e. The van der Waals surface area contributed by atoms with Crippen LogP contribution in [0.1, 0.15) is 85.5 Å². The van der Waals surface area contributed by atoms with Gasteiger partial charge in [-0.05, 0) is 105 Å². The SMILES string of the molecule is C=C[C@H]1CC[C@H]2[C@@H]3CC[C@H]4C[C@@H](O[C@H]5O[C@H](C)[C@H](OC(C)=O)[C@H](O)[C@@H]5O)CC[C@]4(C)[C@H]3CC[C@]12C. The van der Waals surface area contributed by atoms with Crippen molar-refractivity contribution in [2.45, 2.75) is 122 Å². The molecule has 6 nitrogen and oxygen atoms in total. The number of aliphatic hydroxyl groups is 2. The highest BCUT2D eigenvalue weighted by atomic mass is 16.7. The van der Waals surface area contributed by atoms with Gasteiger partial charge < -0.3 is 24.4 Å². The summed E-state index contributed by atoms with van der Waals surface area (Å²) < 4.78 is 17.4. The average molecular weight is 491 g/mol. The largest absolute Gasteiger partial charge is 0.457 e. The van der Waals surface area contributed by atoms with Crippen LogP contribution in [0, 0.1) is 40.4 Å². The maximum Gasteiger partial charge on any atom is 0.303 e. The van der Waals surface area contributed by atoms with Crippen LogP contribution in [-0.2, 0) is 19.0 Å². The first-order chi connectivity index (χ1) is 16.6. The van der Waals surface area contributed by atoms with Crippen molar-refractivity contribution in [3.8, 4) is 0 Å². The van der Waals surface area contributed by atoms with E-state index in [2.05, 4.69) is 26.5 Å². The molecule has 5 rings (SSSR count). The van der Waals surface area contributed by atoms with E-state index < -0.39 is 36.7 Å². The van der Waals surface area contributed by atoms with Crippen LogP contribution in [0.5, 0.6) is 0 Å². The minimum Gasteiger partial charge on any atom is -0.457 e.